The predicted octanol–water partition coefficient (Wildman–Crippen LogP) is 3.39. The van der Waals surface area contributed by atoms with Gasteiger partial charge in [-0.15, -0.1) is 0 Å². The van der Waals surface area contributed by atoms with E-state index in [9.17, 15) is 4.39 Å². The Morgan fingerprint density at radius 1 is 1.06 bits per heavy atom. The molecule has 2 nitrogen and oxygen atoms in total. The first kappa shape index (κ1) is 11.6. The Balaban J connectivity index is 2.23. The molecule has 0 saturated carbocycles. The van der Waals surface area contributed by atoms with E-state index in [1.807, 2.05) is 31.2 Å². The number of hydrogen-bond donors (Lipinski definition) is 1. The van der Waals surface area contributed by atoms with Crippen LogP contribution in [0.4, 0.5) is 4.39 Å². The summed E-state index contributed by atoms with van der Waals surface area (Å²) in [7, 11) is 0. The van der Waals surface area contributed by atoms with Crippen LogP contribution in [0.2, 0.25) is 0 Å². The Hall–Kier alpha value is -1.87. The summed E-state index contributed by atoms with van der Waals surface area (Å²) < 4.78 is 18.8. The summed E-state index contributed by atoms with van der Waals surface area (Å²) in [6.07, 6.45) is 0. The molecule has 0 spiro atoms. The van der Waals surface area contributed by atoms with E-state index in [4.69, 9.17) is 10.5 Å². The third kappa shape index (κ3) is 3.04. The molecule has 0 aromatic heterocycles. The van der Waals surface area contributed by atoms with Gasteiger partial charge in [-0.3, -0.25) is 0 Å². The summed E-state index contributed by atoms with van der Waals surface area (Å²) in [5, 5.41) is 0. The SMILES string of the molecule is Cc1ccc(Oc2cc(F)cc(CN)c2)cc1. The van der Waals surface area contributed by atoms with Gasteiger partial charge in [0.1, 0.15) is 17.3 Å². The molecule has 17 heavy (non-hydrogen) atoms. The molecule has 0 fully saturated rings. The highest BCUT2D eigenvalue weighted by atomic mass is 19.1. The molecule has 3 heteroatoms. The van der Waals surface area contributed by atoms with Crippen molar-refractivity contribution < 1.29 is 9.13 Å². The number of hydrogen-bond acceptors (Lipinski definition) is 2. The molecule has 0 aliphatic carbocycles. The molecular formula is C14H14FNO. The lowest BCUT2D eigenvalue weighted by molar-refractivity contribution is 0.475. The summed E-state index contributed by atoms with van der Waals surface area (Å²) in [5.74, 6) is 0.813. The molecule has 0 unspecified atom stereocenters. The first-order valence-electron chi connectivity index (χ1n) is 5.41. The topological polar surface area (TPSA) is 35.2 Å². The zero-order valence-electron chi connectivity index (χ0n) is 9.61. The number of aryl methyl sites for hydroxylation is 1. The second kappa shape index (κ2) is 4.97. The van der Waals surface area contributed by atoms with Crippen LogP contribution in [-0.2, 0) is 6.54 Å². The maximum absolute atomic E-state index is 13.2. The van der Waals surface area contributed by atoms with Gasteiger partial charge >= 0.3 is 0 Å². The van der Waals surface area contributed by atoms with Crippen molar-refractivity contribution in [3.8, 4) is 11.5 Å². The highest BCUT2D eigenvalue weighted by molar-refractivity contribution is 5.35. The molecule has 88 valence electrons. The van der Waals surface area contributed by atoms with Crippen molar-refractivity contribution in [3.63, 3.8) is 0 Å². The Labute approximate surface area is 99.8 Å². The highest BCUT2D eigenvalue weighted by Crippen LogP contribution is 2.23. The number of nitrogens with two attached hydrogens (primary N) is 1. The molecular weight excluding hydrogens is 217 g/mol. The molecule has 0 radical (unpaired) electrons. The van der Waals surface area contributed by atoms with E-state index in [-0.39, 0.29) is 5.82 Å². The second-order valence-corrected chi connectivity index (χ2v) is 3.91. The van der Waals surface area contributed by atoms with Crippen LogP contribution >= 0.6 is 0 Å². The minimum atomic E-state index is -0.338. The molecule has 2 aromatic rings. The van der Waals surface area contributed by atoms with Crippen LogP contribution in [0.15, 0.2) is 42.5 Å². The first-order valence-corrected chi connectivity index (χ1v) is 5.41. The lowest BCUT2D eigenvalue weighted by Gasteiger charge is -2.07. The summed E-state index contributed by atoms with van der Waals surface area (Å²) in [4.78, 5) is 0. The third-order valence-corrected chi connectivity index (χ3v) is 2.42. The Kier molecular flexibility index (Phi) is 3.40. The molecule has 0 heterocycles. The van der Waals surface area contributed by atoms with Crippen molar-refractivity contribution >= 4 is 0 Å². The average molecular weight is 231 g/mol. The zero-order valence-corrected chi connectivity index (χ0v) is 9.61. The minimum absolute atomic E-state index is 0.294. The molecule has 0 saturated heterocycles. The minimum Gasteiger partial charge on any atom is -0.457 e. The number of ether oxygens (including phenoxy) is 1. The average Bonchev–Trinajstić information content (AvgIpc) is 2.31. The summed E-state index contributed by atoms with van der Waals surface area (Å²) in [6.45, 7) is 2.29. The number of benzene rings is 2. The second-order valence-electron chi connectivity index (χ2n) is 3.91. The van der Waals surface area contributed by atoms with Gasteiger partial charge in [-0.1, -0.05) is 17.7 Å². The van der Waals surface area contributed by atoms with Gasteiger partial charge in [-0.25, -0.2) is 4.39 Å². The van der Waals surface area contributed by atoms with Crippen molar-refractivity contribution in [1.29, 1.82) is 0 Å². The van der Waals surface area contributed by atoms with Crippen molar-refractivity contribution in [2.75, 3.05) is 0 Å². The quantitative estimate of drug-likeness (QED) is 0.878. The zero-order chi connectivity index (χ0) is 12.3. The van der Waals surface area contributed by atoms with Gasteiger partial charge in [0, 0.05) is 12.6 Å². The van der Waals surface area contributed by atoms with Crippen LogP contribution < -0.4 is 10.5 Å². The van der Waals surface area contributed by atoms with Crippen molar-refractivity contribution in [1.82, 2.24) is 0 Å². The molecule has 0 bridgehead atoms. The van der Waals surface area contributed by atoms with Gasteiger partial charge < -0.3 is 10.5 Å². The molecule has 0 aliphatic rings. The van der Waals surface area contributed by atoms with Gasteiger partial charge in [0.05, 0.1) is 0 Å². The van der Waals surface area contributed by atoms with Crippen LogP contribution in [0.25, 0.3) is 0 Å². The molecule has 2 N–H and O–H groups in total. The van der Waals surface area contributed by atoms with Gasteiger partial charge in [-0.05, 0) is 36.8 Å². The predicted molar refractivity (Wildman–Crippen MR) is 65.5 cm³/mol. The van der Waals surface area contributed by atoms with E-state index in [0.717, 1.165) is 5.56 Å². The summed E-state index contributed by atoms with van der Waals surface area (Å²) in [6, 6.07) is 12.1. The molecule has 2 aromatic carbocycles. The summed E-state index contributed by atoms with van der Waals surface area (Å²) in [5.41, 5.74) is 7.35. The van der Waals surface area contributed by atoms with E-state index >= 15 is 0 Å². The molecule has 0 aliphatic heterocycles. The smallest absolute Gasteiger partial charge is 0.130 e. The lowest BCUT2D eigenvalue weighted by atomic mass is 10.2. The van der Waals surface area contributed by atoms with E-state index in [2.05, 4.69) is 0 Å². The maximum atomic E-state index is 13.2. The van der Waals surface area contributed by atoms with E-state index in [1.54, 1.807) is 6.07 Å². The standard InChI is InChI=1S/C14H14FNO/c1-10-2-4-13(5-3-10)17-14-7-11(9-16)6-12(15)8-14/h2-8H,9,16H2,1H3. The fourth-order valence-electron chi connectivity index (χ4n) is 1.54. The van der Waals surface area contributed by atoms with Crippen LogP contribution in [-0.4, -0.2) is 0 Å². The fourth-order valence-corrected chi connectivity index (χ4v) is 1.54. The van der Waals surface area contributed by atoms with Crippen LogP contribution in [0.1, 0.15) is 11.1 Å². The maximum Gasteiger partial charge on any atom is 0.130 e. The largest absolute Gasteiger partial charge is 0.457 e. The monoisotopic (exact) mass is 231 g/mol. The van der Waals surface area contributed by atoms with Gasteiger partial charge in [0.15, 0.2) is 0 Å². The van der Waals surface area contributed by atoms with Crippen LogP contribution in [0.3, 0.4) is 0 Å². The van der Waals surface area contributed by atoms with E-state index < -0.39 is 0 Å². The first-order chi connectivity index (χ1) is 8.17. The van der Waals surface area contributed by atoms with Crippen molar-refractivity contribution in [3.05, 3.63) is 59.4 Å². The fraction of sp³-hybridized carbons (Fsp3) is 0.143. The highest BCUT2D eigenvalue weighted by Gasteiger charge is 2.02. The molecule has 2 rings (SSSR count). The Morgan fingerprint density at radius 2 is 1.76 bits per heavy atom. The van der Waals surface area contributed by atoms with E-state index in [1.165, 1.54) is 12.1 Å². The number of halogens is 1. The normalized spacial score (nSPS) is 10.3. The van der Waals surface area contributed by atoms with Gasteiger partial charge in [-0.2, -0.15) is 0 Å². The van der Waals surface area contributed by atoms with Crippen LogP contribution in [0.5, 0.6) is 11.5 Å². The van der Waals surface area contributed by atoms with Crippen LogP contribution in [0, 0.1) is 12.7 Å². The van der Waals surface area contributed by atoms with Gasteiger partial charge in [0.25, 0.3) is 0 Å². The number of rotatable bonds is 3. The Morgan fingerprint density at radius 3 is 2.41 bits per heavy atom. The third-order valence-electron chi connectivity index (χ3n) is 2.42. The molecule has 0 amide bonds. The van der Waals surface area contributed by atoms with E-state index in [0.29, 0.717) is 23.6 Å². The Bertz CT molecular complexity index is 508. The van der Waals surface area contributed by atoms with Gasteiger partial charge in [0.2, 0.25) is 0 Å². The van der Waals surface area contributed by atoms with Crippen molar-refractivity contribution in [2.45, 2.75) is 13.5 Å². The molecule has 0 atom stereocenters. The summed E-state index contributed by atoms with van der Waals surface area (Å²) >= 11 is 0. The van der Waals surface area contributed by atoms with Crippen molar-refractivity contribution in [2.24, 2.45) is 5.73 Å². The lowest BCUT2D eigenvalue weighted by Crippen LogP contribution is -1.97.